The predicted octanol–water partition coefficient (Wildman–Crippen LogP) is 16.4. The first kappa shape index (κ1) is 36.5. The Balaban J connectivity index is 1.10. The van der Waals surface area contributed by atoms with Crippen molar-refractivity contribution in [2.75, 3.05) is 4.90 Å². The summed E-state index contributed by atoms with van der Waals surface area (Å²) in [6.45, 7) is 0. The fraction of sp³-hybridized carbons (Fsp3) is 0. The third-order valence-electron chi connectivity index (χ3n) is 12.4. The van der Waals surface area contributed by atoms with Gasteiger partial charge in [0.15, 0.2) is 0 Å². The van der Waals surface area contributed by atoms with Crippen molar-refractivity contribution in [3.63, 3.8) is 0 Å². The van der Waals surface area contributed by atoms with Crippen LogP contribution in [0, 0.1) is 0 Å². The van der Waals surface area contributed by atoms with Crippen LogP contribution in [0.15, 0.2) is 237 Å². The second-order valence-corrected chi connectivity index (χ2v) is 16.1. The highest BCUT2D eigenvalue weighted by atomic mass is 15.1. The first-order valence-corrected chi connectivity index (χ1v) is 21.5. The molecule has 2 aromatic heterocycles. The Labute approximate surface area is 365 Å². The van der Waals surface area contributed by atoms with E-state index in [4.69, 9.17) is 9.97 Å². The summed E-state index contributed by atoms with van der Waals surface area (Å²) in [6.07, 6.45) is 0. The maximum atomic E-state index is 5.61. The zero-order valence-corrected chi connectivity index (χ0v) is 34.4. The van der Waals surface area contributed by atoms with Crippen LogP contribution in [0.5, 0.6) is 0 Å². The monoisotopic (exact) mass is 801 g/mol. The fourth-order valence-corrected chi connectivity index (χ4v) is 9.49. The van der Waals surface area contributed by atoms with Crippen LogP contribution in [-0.2, 0) is 0 Å². The van der Waals surface area contributed by atoms with Gasteiger partial charge in [-0.1, -0.05) is 200 Å². The minimum absolute atomic E-state index is 0.892. The lowest BCUT2D eigenvalue weighted by Crippen LogP contribution is -2.11. The number of hydrogen-bond acceptors (Lipinski definition) is 3. The molecular formula is C60H39N3. The van der Waals surface area contributed by atoms with Gasteiger partial charge in [-0.05, 0) is 75.0 Å². The molecule has 0 unspecified atom stereocenters. The Bertz CT molecular complexity index is 3500. The number of para-hydroxylation sites is 1. The van der Waals surface area contributed by atoms with Crippen molar-refractivity contribution in [1.29, 1.82) is 0 Å². The maximum absolute atomic E-state index is 5.61. The molecule has 0 amide bonds. The minimum Gasteiger partial charge on any atom is -0.309 e. The highest BCUT2D eigenvalue weighted by Gasteiger charge is 2.23. The van der Waals surface area contributed by atoms with Gasteiger partial charge in [0, 0.05) is 49.4 Å². The molecule has 0 fully saturated rings. The molecule has 3 nitrogen and oxygen atoms in total. The van der Waals surface area contributed by atoms with Gasteiger partial charge in [0.25, 0.3) is 0 Å². The quantitative estimate of drug-likeness (QED) is 0.119. The zero-order chi connectivity index (χ0) is 41.7. The molecule has 2 heterocycles. The van der Waals surface area contributed by atoms with Crippen LogP contribution in [0.3, 0.4) is 0 Å². The molecule has 0 spiro atoms. The number of benzene rings is 10. The van der Waals surface area contributed by atoms with Gasteiger partial charge in [-0.2, -0.15) is 0 Å². The Kier molecular flexibility index (Phi) is 8.83. The van der Waals surface area contributed by atoms with Crippen LogP contribution < -0.4 is 4.90 Å². The fourth-order valence-electron chi connectivity index (χ4n) is 9.49. The largest absolute Gasteiger partial charge is 0.309 e. The van der Waals surface area contributed by atoms with Crippen LogP contribution in [0.1, 0.15) is 0 Å². The second-order valence-electron chi connectivity index (χ2n) is 16.1. The van der Waals surface area contributed by atoms with Crippen molar-refractivity contribution < 1.29 is 0 Å². The molecule has 10 aromatic carbocycles. The Morgan fingerprint density at radius 1 is 0.270 bits per heavy atom. The summed E-state index contributed by atoms with van der Waals surface area (Å²) >= 11 is 0. The number of rotatable bonds is 7. The van der Waals surface area contributed by atoms with Gasteiger partial charge in [0.1, 0.15) is 0 Å². The molecule has 0 saturated carbocycles. The molecule has 294 valence electrons. The van der Waals surface area contributed by atoms with E-state index >= 15 is 0 Å². The minimum atomic E-state index is 0.892. The van der Waals surface area contributed by atoms with Crippen LogP contribution in [0.2, 0.25) is 0 Å². The van der Waals surface area contributed by atoms with Gasteiger partial charge >= 0.3 is 0 Å². The van der Waals surface area contributed by atoms with Crippen molar-refractivity contribution >= 4 is 71.3 Å². The molecule has 12 aromatic rings. The molecule has 0 saturated heterocycles. The Morgan fingerprint density at radius 3 is 1.27 bits per heavy atom. The van der Waals surface area contributed by atoms with E-state index in [1.807, 2.05) is 0 Å². The molecule has 3 heteroatoms. The standard InChI is InChI=1S/C60H39N3/c1-4-16-40(17-5-1)42-28-34-46(35-29-42)63(47-36-30-43(31-37-47)41-18-6-2-7-19-41)60-50-24-12-10-22-48(50)57(49-23-11-13-25-51(49)60)55-39-33-45-32-38-53-56(44-20-8-3-9-21-44)52-26-14-15-27-54(52)61-59(53)58(45)62-55/h1-39H. The molecule has 12 rings (SSSR count). The summed E-state index contributed by atoms with van der Waals surface area (Å²) in [7, 11) is 0. The maximum Gasteiger partial charge on any atom is 0.0978 e. The highest BCUT2D eigenvalue weighted by Crippen LogP contribution is 2.49. The summed E-state index contributed by atoms with van der Waals surface area (Å²) in [5.74, 6) is 0. The van der Waals surface area contributed by atoms with E-state index in [-0.39, 0.29) is 0 Å². The van der Waals surface area contributed by atoms with E-state index in [0.29, 0.717) is 0 Å². The zero-order valence-electron chi connectivity index (χ0n) is 34.4. The molecule has 0 N–H and O–H groups in total. The molecule has 0 radical (unpaired) electrons. The van der Waals surface area contributed by atoms with E-state index in [1.165, 1.54) is 27.8 Å². The van der Waals surface area contributed by atoms with Gasteiger partial charge in [0.2, 0.25) is 0 Å². The number of pyridine rings is 2. The van der Waals surface area contributed by atoms with Crippen LogP contribution >= 0.6 is 0 Å². The lowest BCUT2D eigenvalue weighted by molar-refractivity contribution is 1.31. The highest BCUT2D eigenvalue weighted by molar-refractivity contribution is 6.23. The van der Waals surface area contributed by atoms with Crippen molar-refractivity contribution in [2.45, 2.75) is 0 Å². The summed E-state index contributed by atoms with van der Waals surface area (Å²) in [5.41, 5.74) is 15.1. The van der Waals surface area contributed by atoms with Gasteiger partial charge in [-0.3, -0.25) is 0 Å². The molecule has 63 heavy (non-hydrogen) atoms. The number of aromatic nitrogens is 2. The van der Waals surface area contributed by atoms with Gasteiger partial charge in [0.05, 0.1) is 27.9 Å². The van der Waals surface area contributed by atoms with Crippen molar-refractivity contribution in [2.24, 2.45) is 0 Å². The van der Waals surface area contributed by atoms with Crippen molar-refractivity contribution in [1.82, 2.24) is 9.97 Å². The van der Waals surface area contributed by atoms with Gasteiger partial charge in [-0.25, -0.2) is 9.97 Å². The van der Waals surface area contributed by atoms with Gasteiger partial charge < -0.3 is 4.90 Å². The van der Waals surface area contributed by atoms with Crippen LogP contribution in [0.4, 0.5) is 17.1 Å². The van der Waals surface area contributed by atoms with Crippen LogP contribution in [0.25, 0.3) is 98.9 Å². The number of fused-ring (bicyclic) bond motifs is 6. The summed E-state index contributed by atoms with van der Waals surface area (Å²) in [6, 6.07) is 84.7. The van der Waals surface area contributed by atoms with Gasteiger partial charge in [-0.15, -0.1) is 0 Å². The molecule has 0 bridgehead atoms. The average Bonchev–Trinajstić information content (AvgIpc) is 3.36. The lowest BCUT2D eigenvalue weighted by atomic mass is 9.91. The van der Waals surface area contributed by atoms with E-state index in [9.17, 15) is 0 Å². The van der Waals surface area contributed by atoms with Crippen LogP contribution in [-0.4, -0.2) is 9.97 Å². The van der Waals surface area contributed by atoms with Crippen molar-refractivity contribution in [3.8, 4) is 44.6 Å². The Morgan fingerprint density at radius 2 is 0.714 bits per heavy atom. The normalized spacial score (nSPS) is 11.5. The third kappa shape index (κ3) is 6.29. The number of nitrogens with zero attached hydrogens (tertiary/aromatic N) is 3. The molecular weight excluding hydrogens is 763 g/mol. The number of anilines is 3. The molecule has 0 aliphatic carbocycles. The lowest BCUT2D eigenvalue weighted by Gasteiger charge is -2.30. The topological polar surface area (TPSA) is 29.0 Å². The Hall–Kier alpha value is -8.40. The summed E-state index contributed by atoms with van der Waals surface area (Å²) in [4.78, 5) is 13.4. The first-order chi connectivity index (χ1) is 31.3. The second kappa shape index (κ2) is 15.3. The van der Waals surface area contributed by atoms with Crippen molar-refractivity contribution in [3.05, 3.63) is 237 Å². The summed E-state index contributed by atoms with van der Waals surface area (Å²) < 4.78 is 0. The van der Waals surface area contributed by atoms with E-state index in [2.05, 4.69) is 241 Å². The average molecular weight is 802 g/mol. The molecule has 0 aliphatic rings. The SMILES string of the molecule is c1ccc(-c2ccc(N(c3ccc(-c4ccccc4)cc3)c3c4ccccc4c(-c4ccc5ccc6c(-c7ccccc7)c7ccccc7nc6c5n4)c4ccccc34)cc2)cc1. The van der Waals surface area contributed by atoms with E-state index < -0.39 is 0 Å². The third-order valence-corrected chi connectivity index (χ3v) is 12.4. The number of hydrogen-bond donors (Lipinski definition) is 0. The smallest absolute Gasteiger partial charge is 0.0978 e. The predicted molar refractivity (Wildman–Crippen MR) is 266 cm³/mol. The molecule has 0 aliphatic heterocycles. The molecule has 0 atom stereocenters. The summed E-state index contributed by atoms with van der Waals surface area (Å²) in [5, 5.41) is 7.83. The first-order valence-electron chi connectivity index (χ1n) is 21.5. The van der Waals surface area contributed by atoms with E-state index in [1.54, 1.807) is 0 Å². The van der Waals surface area contributed by atoms with E-state index in [0.717, 1.165) is 88.1 Å².